The van der Waals surface area contributed by atoms with Crippen molar-refractivity contribution in [2.45, 2.75) is 45.7 Å². The summed E-state index contributed by atoms with van der Waals surface area (Å²) in [6.45, 7) is 9.29. The number of rotatable bonds is 2. The van der Waals surface area contributed by atoms with Crippen LogP contribution in [0.2, 0.25) is 0 Å². The molecular weight excluding hydrogens is 182 g/mol. The van der Waals surface area contributed by atoms with E-state index in [1.807, 2.05) is 0 Å². The zero-order chi connectivity index (χ0) is 10.9. The molecule has 0 bridgehead atoms. The SMILES string of the molecule is Cc1ccccc1CN1CCCC1(C)C. The fourth-order valence-corrected chi connectivity index (χ4v) is 2.45. The van der Waals surface area contributed by atoms with Crippen LogP contribution >= 0.6 is 0 Å². The van der Waals surface area contributed by atoms with Crippen LogP contribution in [0, 0.1) is 6.92 Å². The van der Waals surface area contributed by atoms with Crippen LogP contribution in [-0.2, 0) is 6.54 Å². The summed E-state index contributed by atoms with van der Waals surface area (Å²) >= 11 is 0. The summed E-state index contributed by atoms with van der Waals surface area (Å²) in [5, 5.41) is 0. The molecule has 1 aliphatic rings. The molecule has 0 aliphatic carbocycles. The Morgan fingerprint density at radius 1 is 1.27 bits per heavy atom. The first-order valence-electron chi connectivity index (χ1n) is 5.89. The van der Waals surface area contributed by atoms with Gasteiger partial charge in [-0.05, 0) is 51.3 Å². The average molecular weight is 203 g/mol. The van der Waals surface area contributed by atoms with Gasteiger partial charge < -0.3 is 0 Å². The van der Waals surface area contributed by atoms with Crippen molar-refractivity contribution in [3.63, 3.8) is 0 Å². The quantitative estimate of drug-likeness (QED) is 0.712. The predicted molar refractivity (Wildman–Crippen MR) is 64.9 cm³/mol. The molecular formula is C14H21N. The Hall–Kier alpha value is -0.820. The highest BCUT2D eigenvalue weighted by Crippen LogP contribution is 2.30. The van der Waals surface area contributed by atoms with Gasteiger partial charge in [-0.2, -0.15) is 0 Å². The number of likely N-dealkylation sites (tertiary alicyclic amines) is 1. The van der Waals surface area contributed by atoms with Crippen LogP contribution in [0.25, 0.3) is 0 Å². The lowest BCUT2D eigenvalue weighted by molar-refractivity contribution is 0.166. The van der Waals surface area contributed by atoms with Crippen LogP contribution in [0.1, 0.15) is 37.8 Å². The number of nitrogens with zero attached hydrogens (tertiary/aromatic N) is 1. The summed E-state index contributed by atoms with van der Waals surface area (Å²) in [4.78, 5) is 2.61. The Balaban J connectivity index is 2.12. The van der Waals surface area contributed by atoms with Gasteiger partial charge in [0.1, 0.15) is 0 Å². The second kappa shape index (κ2) is 3.97. The predicted octanol–water partition coefficient (Wildman–Crippen LogP) is 3.37. The van der Waals surface area contributed by atoms with Crippen LogP contribution in [0.15, 0.2) is 24.3 Å². The normalized spacial score (nSPS) is 20.7. The minimum absolute atomic E-state index is 0.391. The molecule has 0 unspecified atom stereocenters. The zero-order valence-electron chi connectivity index (χ0n) is 10.1. The van der Waals surface area contributed by atoms with Gasteiger partial charge in [-0.25, -0.2) is 0 Å². The second-order valence-corrected chi connectivity index (χ2v) is 5.26. The van der Waals surface area contributed by atoms with Crippen molar-refractivity contribution in [3.05, 3.63) is 35.4 Å². The molecule has 1 fully saturated rings. The third-order valence-corrected chi connectivity index (χ3v) is 3.70. The Kier molecular flexibility index (Phi) is 2.83. The molecule has 1 nitrogen and oxygen atoms in total. The van der Waals surface area contributed by atoms with E-state index in [0.29, 0.717) is 5.54 Å². The van der Waals surface area contributed by atoms with Crippen molar-refractivity contribution in [2.75, 3.05) is 6.54 Å². The topological polar surface area (TPSA) is 3.24 Å². The van der Waals surface area contributed by atoms with Gasteiger partial charge in [-0.15, -0.1) is 0 Å². The van der Waals surface area contributed by atoms with Gasteiger partial charge in [0.25, 0.3) is 0 Å². The Labute approximate surface area is 93.1 Å². The maximum absolute atomic E-state index is 2.61. The van der Waals surface area contributed by atoms with E-state index in [2.05, 4.69) is 49.9 Å². The lowest BCUT2D eigenvalue weighted by Gasteiger charge is -2.32. The fourth-order valence-electron chi connectivity index (χ4n) is 2.45. The Morgan fingerprint density at radius 2 is 2.00 bits per heavy atom. The highest BCUT2D eigenvalue weighted by molar-refractivity contribution is 5.25. The van der Waals surface area contributed by atoms with Crippen molar-refractivity contribution in [2.24, 2.45) is 0 Å². The van der Waals surface area contributed by atoms with E-state index < -0.39 is 0 Å². The molecule has 1 heteroatoms. The largest absolute Gasteiger partial charge is 0.294 e. The van der Waals surface area contributed by atoms with Gasteiger partial charge >= 0.3 is 0 Å². The van der Waals surface area contributed by atoms with Crippen molar-refractivity contribution >= 4 is 0 Å². The molecule has 1 saturated heterocycles. The summed E-state index contributed by atoms with van der Waals surface area (Å²) < 4.78 is 0. The summed E-state index contributed by atoms with van der Waals surface area (Å²) in [6.07, 6.45) is 2.68. The van der Waals surface area contributed by atoms with Crippen molar-refractivity contribution in [1.29, 1.82) is 0 Å². The second-order valence-electron chi connectivity index (χ2n) is 5.26. The van der Waals surface area contributed by atoms with E-state index in [1.165, 1.54) is 30.5 Å². The van der Waals surface area contributed by atoms with Crippen LogP contribution in [0.3, 0.4) is 0 Å². The number of hydrogen-bond donors (Lipinski definition) is 0. The molecule has 0 radical (unpaired) electrons. The molecule has 0 amide bonds. The van der Waals surface area contributed by atoms with Crippen molar-refractivity contribution in [3.8, 4) is 0 Å². The maximum Gasteiger partial charge on any atom is 0.0241 e. The molecule has 1 aromatic rings. The number of benzene rings is 1. The lowest BCUT2D eigenvalue weighted by atomic mass is 10.0. The molecule has 2 rings (SSSR count). The van der Waals surface area contributed by atoms with Gasteiger partial charge in [0, 0.05) is 12.1 Å². The van der Waals surface area contributed by atoms with Crippen LogP contribution in [0.5, 0.6) is 0 Å². The van der Waals surface area contributed by atoms with E-state index in [-0.39, 0.29) is 0 Å². The first-order chi connectivity index (χ1) is 7.09. The smallest absolute Gasteiger partial charge is 0.0241 e. The van der Waals surface area contributed by atoms with Crippen LogP contribution in [0.4, 0.5) is 0 Å². The molecule has 82 valence electrons. The van der Waals surface area contributed by atoms with Crippen molar-refractivity contribution < 1.29 is 0 Å². The molecule has 0 spiro atoms. The zero-order valence-corrected chi connectivity index (χ0v) is 10.1. The first-order valence-corrected chi connectivity index (χ1v) is 5.89. The van der Waals surface area contributed by atoms with E-state index in [4.69, 9.17) is 0 Å². The van der Waals surface area contributed by atoms with Crippen molar-refractivity contribution in [1.82, 2.24) is 4.90 Å². The molecule has 1 heterocycles. The van der Waals surface area contributed by atoms with E-state index in [1.54, 1.807) is 0 Å². The Bertz CT molecular complexity index is 341. The first kappa shape index (κ1) is 10.7. The summed E-state index contributed by atoms with van der Waals surface area (Å²) in [7, 11) is 0. The molecule has 0 aromatic heterocycles. The highest BCUT2D eigenvalue weighted by atomic mass is 15.2. The molecule has 15 heavy (non-hydrogen) atoms. The number of hydrogen-bond acceptors (Lipinski definition) is 1. The number of aryl methyl sites for hydroxylation is 1. The van der Waals surface area contributed by atoms with Gasteiger partial charge in [0.2, 0.25) is 0 Å². The maximum atomic E-state index is 2.61. The van der Waals surface area contributed by atoms with E-state index in [0.717, 1.165) is 6.54 Å². The summed E-state index contributed by atoms with van der Waals surface area (Å²) in [6, 6.07) is 8.72. The van der Waals surface area contributed by atoms with Crippen LogP contribution in [-0.4, -0.2) is 17.0 Å². The third kappa shape index (κ3) is 2.23. The fraction of sp³-hybridized carbons (Fsp3) is 0.571. The summed E-state index contributed by atoms with van der Waals surface area (Å²) in [5.74, 6) is 0. The summed E-state index contributed by atoms with van der Waals surface area (Å²) in [5.41, 5.74) is 3.29. The van der Waals surface area contributed by atoms with Crippen LogP contribution < -0.4 is 0 Å². The molecule has 0 saturated carbocycles. The lowest BCUT2D eigenvalue weighted by Crippen LogP contribution is -2.37. The minimum atomic E-state index is 0.391. The standard InChI is InChI=1S/C14H21N/c1-12-7-4-5-8-13(12)11-15-10-6-9-14(15,2)3/h4-5,7-8H,6,9-11H2,1-3H3. The van der Waals surface area contributed by atoms with Gasteiger partial charge in [0.05, 0.1) is 0 Å². The molecule has 1 aliphatic heterocycles. The van der Waals surface area contributed by atoms with E-state index in [9.17, 15) is 0 Å². The highest BCUT2D eigenvalue weighted by Gasteiger charge is 2.31. The van der Waals surface area contributed by atoms with Gasteiger partial charge in [-0.3, -0.25) is 4.90 Å². The monoisotopic (exact) mass is 203 g/mol. The van der Waals surface area contributed by atoms with E-state index >= 15 is 0 Å². The van der Waals surface area contributed by atoms with Gasteiger partial charge in [-0.1, -0.05) is 24.3 Å². The minimum Gasteiger partial charge on any atom is -0.294 e. The average Bonchev–Trinajstić information content (AvgIpc) is 2.50. The Morgan fingerprint density at radius 3 is 2.60 bits per heavy atom. The van der Waals surface area contributed by atoms with Gasteiger partial charge in [0.15, 0.2) is 0 Å². The molecule has 0 atom stereocenters. The molecule has 1 aromatic carbocycles. The third-order valence-electron chi connectivity index (χ3n) is 3.70. The molecule has 0 N–H and O–H groups in total.